The van der Waals surface area contributed by atoms with E-state index >= 15 is 0 Å². The van der Waals surface area contributed by atoms with E-state index in [1.807, 2.05) is 0 Å². The number of aryl methyl sites for hydroxylation is 1. The first-order chi connectivity index (χ1) is 8.99. The third-order valence-corrected chi connectivity index (χ3v) is 3.18. The first kappa shape index (κ1) is 13.5. The lowest BCUT2D eigenvalue weighted by atomic mass is 10.2. The topological polar surface area (TPSA) is 68.0 Å². The largest absolute Gasteiger partial charge is 0.397 e. The zero-order chi connectivity index (χ0) is 14.0. The fourth-order valence-electron chi connectivity index (χ4n) is 1.57. The molecule has 3 N–H and O–H groups in total. The van der Waals surface area contributed by atoms with E-state index in [-0.39, 0.29) is 11.4 Å². The maximum Gasteiger partial charge on any atom is 0.276 e. The highest BCUT2D eigenvalue weighted by Crippen LogP contribution is 2.24. The second-order valence-electron chi connectivity index (χ2n) is 3.98. The van der Waals surface area contributed by atoms with Crippen molar-refractivity contribution in [2.75, 3.05) is 11.1 Å². The number of carbonyl (C=O) groups excluding carboxylic acids is 1. The minimum atomic E-state index is -0.470. The molecule has 0 fully saturated rings. The zero-order valence-electron chi connectivity index (χ0n) is 10.1. The lowest BCUT2D eigenvalue weighted by molar-refractivity contribution is 0.102. The molecular formula is C13H11BrFN3O. The predicted octanol–water partition coefficient (Wildman–Crippen LogP) is 3.13. The Morgan fingerprint density at radius 1 is 1.47 bits per heavy atom. The van der Waals surface area contributed by atoms with Crippen molar-refractivity contribution < 1.29 is 9.18 Å². The molecule has 0 aliphatic carbocycles. The van der Waals surface area contributed by atoms with Gasteiger partial charge in [0, 0.05) is 11.9 Å². The molecule has 0 saturated heterocycles. The smallest absolute Gasteiger partial charge is 0.276 e. The van der Waals surface area contributed by atoms with Gasteiger partial charge in [-0.1, -0.05) is 0 Å². The molecule has 1 amide bonds. The van der Waals surface area contributed by atoms with Crippen LogP contribution in [-0.4, -0.2) is 10.9 Å². The fourth-order valence-corrected chi connectivity index (χ4v) is 2.03. The standard InChI is InChI=1S/C13H11BrFN3O/c1-7-5-8(14)9(15)6-11(7)18-13(19)12-10(16)3-2-4-17-12/h2-6H,16H2,1H3,(H,18,19). The van der Waals surface area contributed by atoms with Crippen LogP contribution in [-0.2, 0) is 0 Å². The molecule has 0 radical (unpaired) electrons. The van der Waals surface area contributed by atoms with Crippen molar-refractivity contribution in [1.29, 1.82) is 0 Å². The Morgan fingerprint density at radius 3 is 2.89 bits per heavy atom. The molecule has 2 rings (SSSR count). The van der Waals surface area contributed by atoms with Crippen LogP contribution in [0.3, 0.4) is 0 Å². The summed E-state index contributed by atoms with van der Waals surface area (Å²) in [6, 6.07) is 6.05. The molecule has 1 heterocycles. The van der Waals surface area contributed by atoms with Crippen molar-refractivity contribution >= 4 is 33.2 Å². The van der Waals surface area contributed by atoms with Gasteiger partial charge in [0.1, 0.15) is 5.82 Å². The van der Waals surface area contributed by atoms with Gasteiger partial charge in [0.15, 0.2) is 5.69 Å². The summed E-state index contributed by atoms with van der Waals surface area (Å²) in [5.41, 5.74) is 7.17. The number of rotatable bonds is 2. The number of carbonyl (C=O) groups is 1. The van der Waals surface area contributed by atoms with Crippen molar-refractivity contribution in [1.82, 2.24) is 4.98 Å². The van der Waals surface area contributed by atoms with Gasteiger partial charge in [-0.2, -0.15) is 0 Å². The summed E-state index contributed by atoms with van der Waals surface area (Å²) in [4.78, 5) is 15.9. The quantitative estimate of drug-likeness (QED) is 0.892. The Balaban J connectivity index is 2.30. The average molecular weight is 324 g/mol. The number of hydrogen-bond acceptors (Lipinski definition) is 3. The third kappa shape index (κ3) is 2.90. The molecule has 2 aromatic rings. The van der Waals surface area contributed by atoms with Gasteiger partial charge in [0.05, 0.1) is 10.2 Å². The van der Waals surface area contributed by atoms with Gasteiger partial charge in [0.2, 0.25) is 0 Å². The maximum atomic E-state index is 13.5. The highest BCUT2D eigenvalue weighted by Gasteiger charge is 2.13. The van der Waals surface area contributed by atoms with Crippen molar-refractivity contribution in [2.24, 2.45) is 0 Å². The van der Waals surface area contributed by atoms with E-state index in [0.29, 0.717) is 10.2 Å². The van der Waals surface area contributed by atoms with E-state index in [4.69, 9.17) is 5.73 Å². The van der Waals surface area contributed by atoms with Gasteiger partial charge in [0.25, 0.3) is 5.91 Å². The molecule has 1 aromatic carbocycles. The van der Waals surface area contributed by atoms with Crippen LogP contribution in [0.5, 0.6) is 0 Å². The summed E-state index contributed by atoms with van der Waals surface area (Å²) in [6.45, 7) is 1.77. The number of benzene rings is 1. The van der Waals surface area contributed by atoms with Gasteiger partial charge in [-0.15, -0.1) is 0 Å². The second-order valence-corrected chi connectivity index (χ2v) is 4.83. The van der Waals surface area contributed by atoms with Crippen LogP contribution < -0.4 is 11.1 Å². The Bertz CT molecular complexity index is 646. The molecule has 0 bridgehead atoms. The summed E-state index contributed by atoms with van der Waals surface area (Å²) in [7, 11) is 0. The minimum absolute atomic E-state index is 0.116. The highest BCUT2D eigenvalue weighted by atomic mass is 79.9. The molecule has 1 aromatic heterocycles. The number of amides is 1. The molecule has 4 nitrogen and oxygen atoms in total. The number of nitrogens with two attached hydrogens (primary N) is 1. The summed E-state index contributed by atoms with van der Waals surface area (Å²) >= 11 is 3.08. The van der Waals surface area contributed by atoms with Gasteiger partial charge < -0.3 is 11.1 Å². The lowest BCUT2D eigenvalue weighted by Crippen LogP contribution is -2.16. The number of nitrogen functional groups attached to an aromatic ring is 1. The van der Waals surface area contributed by atoms with Crippen LogP contribution in [0.15, 0.2) is 34.9 Å². The molecule has 0 aliphatic heterocycles. The van der Waals surface area contributed by atoms with Crippen molar-refractivity contribution in [3.8, 4) is 0 Å². The number of pyridine rings is 1. The van der Waals surface area contributed by atoms with Crippen LogP contribution in [0, 0.1) is 12.7 Å². The number of nitrogens with one attached hydrogen (secondary N) is 1. The fraction of sp³-hybridized carbons (Fsp3) is 0.0769. The lowest BCUT2D eigenvalue weighted by Gasteiger charge is -2.10. The number of nitrogens with zero attached hydrogens (tertiary/aromatic N) is 1. The van der Waals surface area contributed by atoms with Gasteiger partial charge in [-0.05, 0) is 52.7 Å². The van der Waals surface area contributed by atoms with E-state index in [9.17, 15) is 9.18 Å². The van der Waals surface area contributed by atoms with Crippen molar-refractivity contribution in [3.05, 3.63) is 52.0 Å². The first-order valence-corrected chi connectivity index (χ1v) is 6.26. The first-order valence-electron chi connectivity index (χ1n) is 5.46. The van der Waals surface area contributed by atoms with E-state index < -0.39 is 11.7 Å². The van der Waals surface area contributed by atoms with Gasteiger partial charge in [-0.3, -0.25) is 4.79 Å². The van der Waals surface area contributed by atoms with Gasteiger partial charge >= 0.3 is 0 Å². The van der Waals surface area contributed by atoms with E-state index in [1.54, 1.807) is 25.1 Å². The van der Waals surface area contributed by atoms with E-state index in [1.165, 1.54) is 12.3 Å². The number of hydrogen-bond donors (Lipinski definition) is 2. The Hall–Kier alpha value is -1.95. The van der Waals surface area contributed by atoms with Crippen LogP contribution in [0.4, 0.5) is 15.8 Å². The minimum Gasteiger partial charge on any atom is -0.397 e. The molecule has 19 heavy (non-hydrogen) atoms. The maximum absolute atomic E-state index is 13.5. The van der Waals surface area contributed by atoms with Gasteiger partial charge in [-0.25, -0.2) is 9.37 Å². The summed E-state index contributed by atoms with van der Waals surface area (Å²) < 4.78 is 13.8. The van der Waals surface area contributed by atoms with Crippen LogP contribution >= 0.6 is 15.9 Å². The molecule has 0 saturated carbocycles. The highest BCUT2D eigenvalue weighted by molar-refractivity contribution is 9.10. The molecule has 0 atom stereocenters. The molecule has 0 spiro atoms. The van der Waals surface area contributed by atoms with Crippen LogP contribution in [0.1, 0.15) is 16.1 Å². The van der Waals surface area contributed by atoms with Crippen LogP contribution in [0.25, 0.3) is 0 Å². The number of anilines is 2. The Morgan fingerprint density at radius 2 is 2.21 bits per heavy atom. The van der Waals surface area contributed by atoms with Crippen molar-refractivity contribution in [3.63, 3.8) is 0 Å². The molecule has 0 unspecified atom stereocenters. The Labute approximate surface area is 118 Å². The summed E-state index contributed by atoms with van der Waals surface area (Å²) in [5.74, 6) is -0.919. The monoisotopic (exact) mass is 323 g/mol. The summed E-state index contributed by atoms with van der Waals surface area (Å²) in [6.07, 6.45) is 1.47. The average Bonchev–Trinajstić information content (AvgIpc) is 2.36. The predicted molar refractivity (Wildman–Crippen MR) is 75.4 cm³/mol. The third-order valence-electron chi connectivity index (χ3n) is 2.57. The Kier molecular flexibility index (Phi) is 3.80. The number of aromatic nitrogens is 1. The zero-order valence-corrected chi connectivity index (χ0v) is 11.7. The molecule has 98 valence electrons. The van der Waals surface area contributed by atoms with E-state index in [2.05, 4.69) is 26.2 Å². The molecular weight excluding hydrogens is 313 g/mol. The molecule has 0 aliphatic rings. The van der Waals surface area contributed by atoms with E-state index in [0.717, 1.165) is 5.56 Å². The number of halogens is 2. The normalized spacial score (nSPS) is 10.3. The van der Waals surface area contributed by atoms with Crippen molar-refractivity contribution in [2.45, 2.75) is 6.92 Å². The summed E-state index contributed by atoms with van der Waals surface area (Å²) in [5, 5.41) is 2.59. The SMILES string of the molecule is Cc1cc(Br)c(F)cc1NC(=O)c1ncccc1N. The van der Waals surface area contributed by atoms with Crippen LogP contribution in [0.2, 0.25) is 0 Å². The molecule has 6 heteroatoms. The second kappa shape index (κ2) is 5.36.